The van der Waals surface area contributed by atoms with Gasteiger partial charge in [-0.25, -0.2) is 0 Å². The van der Waals surface area contributed by atoms with Gasteiger partial charge in [0.1, 0.15) is 0 Å². The molecule has 3 heterocycles. The molecule has 1 amide bonds. The molecule has 6 heteroatoms. The van der Waals surface area contributed by atoms with Crippen LogP contribution in [0.5, 0.6) is 0 Å². The number of aromatic amines is 1. The quantitative estimate of drug-likeness (QED) is 0.876. The molecule has 2 N–H and O–H groups in total. The van der Waals surface area contributed by atoms with Gasteiger partial charge in [0, 0.05) is 12.1 Å². The van der Waals surface area contributed by atoms with Crippen molar-refractivity contribution in [2.75, 3.05) is 18.9 Å². The maximum absolute atomic E-state index is 12.3. The van der Waals surface area contributed by atoms with Crippen LogP contribution >= 0.6 is 0 Å². The third kappa shape index (κ3) is 4.07. The Balaban J connectivity index is 1.65. The van der Waals surface area contributed by atoms with E-state index in [2.05, 4.69) is 39.6 Å². The maximum atomic E-state index is 12.3. The first-order chi connectivity index (χ1) is 11.9. The standard InChI is InChI=1S/C19H27N5O/c1-12-10-15(11-16(20-12)17-6-5-9-24(17)4)7-8-18(25)21-19-13(2)22-23-14(19)3/h10-11,17H,5-9H2,1-4H3,(H,21,25)(H,22,23). The van der Waals surface area contributed by atoms with Crippen molar-refractivity contribution in [1.29, 1.82) is 0 Å². The van der Waals surface area contributed by atoms with Crippen LogP contribution in [0.4, 0.5) is 5.69 Å². The molecular weight excluding hydrogens is 314 g/mol. The van der Waals surface area contributed by atoms with Gasteiger partial charge in [-0.05, 0) is 71.3 Å². The highest BCUT2D eigenvalue weighted by Gasteiger charge is 2.24. The van der Waals surface area contributed by atoms with Crippen LogP contribution < -0.4 is 5.32 Å². The molecule has 1 atom stereocenters. The zero-order chi connectivity index (χ0) is 18.0. The number of aromatic nitrogens is 3. The second-order valence-electron chi connectivity index (χ2n) is 7.04. The molecule has 1 fully saturated rings. The van der Waals surface area contributed by atoms with Gasteiger partial charge < -0.3 is 5.32 Å². The molecule has 0 spiro atoms. The van der Waals surface area contributed by atoms with Crippen LogP contribution in [0, 0.1) is 20.8 Å². The average Bonchev–Trinajstić information content (AvgIpc) is 3.13. The maximum Gasteiger partial charge on any atom is 0.224 e. The second-order valence-corrected chi connectivity index (χ2v) is 7.04. The van der Waals surface area contributed by atoms with Gasteiger partial charge in [-0.1, -0.05) is 0 Å². The highest BCUT2D eigenvalue weighted by atomic mass is 16.1. The Bertz CT molecular complexity index is 748. The monoisotopic (exact) mass is 341 g/mol. The van der Waals surface area contributed by atoms with Crippen molar-refractivity contribution < 1.29 is 4.79 Å². The summed E-state index contributed by atoms with van der Waals surface area (Å²) < 4.78 is 0. The molecule has 3 rings (SSSR count). The molecule has 0 bridgehead atoms. The van der Waals surface area contributed by atoms with Crippen LogP contribution in [-0.4, -0.2) is 39.6 Å². The zero-order valence-electron chi connectivity index (χ0n) is 15.5. The van der Waals surface area contributed by atoms with Crippen LogP contribution in [0.2, 0.25) is 0 Å². The topological polar surface area (TPSA) is 73.9 Å². The molecule has 0 aromatic carbocycles. The molecule has 1 aliphatic heterocycles. The van der Waals surface area contributed by atoms with E-state index in [-0.39, 0.29) is 5.91 Å². The number of nitrogens with zero attached hydrogens (tertiary/aromatic N) is 3. The smallest absolute Gasteiger partial charge is 0.224 e. The summed E-state index contributed by atoms with van der Waals surface area (Å²) in [6.07, 6.45) is 3.55. The van der Waals surface area contributed by atoms with Gasteiger partial charge >= 0.3 is 0 Å². The van der Waals surface area contributed by atoms with Gasteiger partial charge in [0.2, 0.25) is 5.91 Å². The van der Waals surface area contributed by atoms with Crippen molar-refractivity contribution >= 4 is 11.6 Å². The van der Waals surface area contributed by atoms with Crippen LogP contribution in [0.15, 0.2) is 12.1 Å². The van der Waals surface area contributed by atoms with Crippen LogP contribution in [0.1, 0.15) is 53.6 Å². The summed E-state index contributed by atoms with van der Waals surface area (Å²) in [4.78, 5) is 19.4. The first kappa shape index (κ1) is 17.6. The largest absolute Gasteiger partial charge is 0.323 e. The van der Waals surface area contributed by atoms with Crippen molar-refractivity contribution in [2.45, 2.75) is 52.5 Å². The molecule has 2 aromatic heterocycles. The molecule has 1 saturated heterocycles. The summed E-state index contributed by atoms with van der Waals surface area (Å²) in [6.45, 7) is 6.95. The minimum Gasteiger partial charge on any atom is -0.323 e. The van der Waals surface area contributed by atoms with E-state index < -0.39 is 0 Å². The average molecular weight is 341 g/mol. The predicted molar refractivity (Wildman–Crippen MR) is 98.6 cm³/mol. The fraction of sp³-hybridized carbons (Fsp3) is 0.526. The van der Waals surface area contributed by atoms with Gasteiger partial charge in [0.05, 0.1) is 28.8 Å². The normalized spacial score (nSPS) is 17.8. The number of hydrogen-bond donors (Lipinski definition) is 2. The lowest BCUT2D eigenvalue weighted by Crippen LogP contribution is -2.19. The lowest BCUT2D eigenvalue weighted by Gasteiger charge is -2.20. The van der Waals surface area contributed by atoms with Crippen molar-refractivity contribution in [2.24, 2.45) is 0 Å². The summed E-state index contributed by atoms with van der Waals surface area (Å²) in [5.74, 6) is 0.0154. The van der Waals surface area contributed by atoms with E-state index in [1.54, 1.807) is 0 Å². The molecule has 25 heavy (non-hydrogen) atoms. The molecule has 6 nitrogen and oxygen atoms in total. The predicted octanol–water partition coefficient (Wildman–Crippen LogP) is 3.07. The number of nitrogens with one attached hydrogen (secondary N) is 2. The van der Waals surface area contributed by atoms with Crippen LogP contribution in [-0.2, 0) is 11.2 Å². The fourth-order valence-corrected chi connectivity index (χ4v) is 3.56. The van der Waals surface area contributed by atoms with Crippen LogP contribution in [0.25, 0.3) is 0 Å². The number of anilines is 1. The number of carbonyl (C=O) groups is 1. The van der Waals surface area contributed by atoms with E-state index in [9.17, 15) is 4.79 Å². The van der Waals surface area contributed by atoms with E-state index in [1.807, 2.05) is 20.8 Å². The van der Waals surface area contributed by atoms with Crippen molar-refractivity contribution in [1.82, 2.24) is 20.1 Å². The Labute approximate surface area is 149 Å². The van der Waals surface area contributed by atoms with Crippen molar-refractivity contribution in [3.05, 3.63) is 40.5 Å². The van der Waals surface area contributed by atoms with Crippen molar-refractivity contribution in [3.63, 3.8) is 0 Å². The summed E-state index contributed by atoms with van der Waals surface area (Å²) in [7, 11) is 2.16. The summed E-state index contributed by atoms with van der Waals surface area (Å²) in [5, 5.41) is 9.96. The molecule has 2 aromatic rings. The van der Waals surface area contributed by atoms with E-state index >= 15 is 0 Å². The van der Waals surface area contributed by atoms with Crippen LogP contribution in [0.3, 0.4) is 0 Å². The van der Waals surface area contributed by atoms with E-state index in [1.165, 1.54) is 12.0 Å². The number of rotatable bonds is 5. The third-order valence-corrected chi connectivity index (χ3v) is 4.93. The highest BCUT2D eigenvalue weighted by Crippen LogP contribution is 2.30. The first-order valence-electron chi connectivity index (χ1n) is 8.93. The summed E-state index contributed by atoms with van der Waals surface area (Å²) in [5.41, 5.74) is 5.84. The Hall–Kier alpha value is -2.21. The molecule has 1 unspecified atom stereocenters. The van der Waals surface area contributed by atoms with E-state index in [0.29, 0.717) is 18.9 Å². The van der Waals surface area contributed by atoms with E-state index in [4.69, 9.17) is 4.98 Å². The summed E-state index contributed by atoms with van der Waals surface area (Å²) in [6, 6.07) is 4.66. The molecular formula is C19H27N5O. The second kappa shape index (κ2) is 7.35. The number of pyridine rings is 1. The van der Waals surface area contributed by atoms with Gasteiger partial charge in [-0.15, -0.1) is 0 Å². The number of hydrogen-bond acceptors (Lipinski definition) is 4. The molecule has 0 saturated carbocycles. The molecule has 0 radical (unpaired) electrons. The fourth-order valence-electron chi connectivity index (χ4n) is 3.56. The van der Waals surface area contributed by atoms with Crippen molar-refractivity contribution in [3.8, 4) is 0 Å². The highest BCUT2D eigenvalue weighted by molar-refractivity contribution is 5.91. The lowest BCUT2D eigenvalue weighted by molar-refractivity contribution is -0.116. The van der Waals surface area contributed by atoms with Gasteiger partial charge in [-0.3, -0.25) is 19.8 Å². The Kier molecular flexibility index (Phi) is 5.18. The lowest BCUT2D eigenvalue weighted by atomic mass is 10.0. The Morgan fingerprint density at radius 3 is 2.80 bits per heavy atom. The Morgan fingerprint density at radius 1 is 1.36 bits per heavy atom. The SMILES string of the molecule is Cc1cc(CCC(=O)Nc2c(C)n[nH]c2C)cc(C2CCCN2C)n1. The number of carbonyl (C=O) groups excluding carboxylic acids is 1. The molecule has 134 valence electrons. The minimum atomic E-state index is 0.0154. The van der Waals surface area contributed by atoms with Gasteiger partial charge in [0.25, 0.3) is 0 Å². The minimum absolute atomic E-state index is 0.0154. The third-order valence-electron chi connectivity index (χ3n) is 4.93. The number of H-pyrrole nitrogens is 1. The summed E-state index contributed by atoms with van der Waals surface area (Å²) >= 11 is 0. The number of aryl methyl sites for hydroxylation is 4. The molecule has 0 aliphatic carbocycles. The molecule has 1 aliphatic rings. The first-order valence-corrected chi connectivity index (χ1v) is 8.93. The van der Waals surface area contributed by atoms with Gasteiger partial charge in [0.15, 0.2) is 0 Å². The zero-order valence-corrected chi connectivity index (χ0v) is 15.5. The Morgan fingerprint density at radius 2 is 2.16 bits per heavy atom. The van der Waals surface area contributed by atoms with E-state index in [0.717, 1.165) is 41.4 Å². The number of likely N-dealkylation sites (tertiary alicyclic amines) is 1. The number of amides is 1. The van der Waals surface area contributed by atoms with Gasteiger partial charge in [-0.2, -0.15) is 5.10 Å².